The van der Waals surface area contributed by atoms with Gasteiger partial charge in [0.05, 0.1) is 20.3 Å². The van der Waals surface area contributed by atoms with E-state index >= 15 is 0 Å². The lowest BCUT2D eigenvalue weighted by atomic mass is 9.90. The molecule has 0 aliphatic carbocycles. The maximum atomic E-state index is 9.60. The number of methoxy groups -OCH3 is 1. The minimum atomic E-state index is -0.0975. The van der Waals surface area contributed by atoms with E-state index in [1.54, 1.807) is 7.11 Å². The summed E-state index contributed by atoms with van der Waals surface area (Å²) >= 11 is 6.28. The van der Waals surface area contributed by atoms with Gasteiger partial charge in [-0.25, -0.2) is 0 Å². The number of ether oxygens (including phenoxy) is 1. The van der Waals surface area contributed by atoms with Crippen LogP contribution < -0.4 is 10.1 Å². The molecule has 1 spiro atoms. The molecule has 0 unspecified atom stereocenters. The van der Waals surface area contributed by atoms with Gasteiger partial charge < -0.3 is 20.1 Å². The van der Waals surface area contributed by atoms with Crippen LogP contribution in [0.4, 0.5) is 5.69 Å². The summed E-state index contributed by atoms with van der Waals surface area (Å²) < 4.78 is 5.33. The van der Waals surface area contributed by atoms with Crippen LogP contribution >= 0.6 is 11.6 Å². The van der Waals surface area contributed by atoms with Gasteiger partial charge in [0, 0.05) is 60.9 Å². The normalized spacial score (nSPS) is 19.8. The van der Waals surface area contributed by atoms with Crippen LogP contribution in [0.2, 0.25) is 5.02 Å². The molecule has 5 rings (SSSR count). The van der Waals surface area contributed by atoms with E-state index in [0.717, 1.165) is 79.0 Å². The molecule has 3 aliphatic rings. The molecular weight excluding hydrogens is 400 g/mol. The number of piperidine rings is 1. The van der Waals surface area contributed by atoms with Crippen molar-refractivity contribution >= 4 is 23.1 Å². The Balaban J connectivity index is 1.32. The fourth-order valence-corrected chi connectivity index (χ4v) is 5.19. The van der Waals surface area contributed by atoms with E-state index in [1.807, 2.05) is 24.3 Å². The first kappa shape index (κ1) is 19.7. The van der Waals surface area contributed by atoms with E-state index in [0.29, 0.717) is 0 Å². The number of hydrogen-bond acceptors (Lipinski definition) is 6. The SMILES string of the molecule is COc1ccc(CN2CCC3(CC2)Nc2cc(Cl)ccc2C2=NCCN23)cc1CO. The van der Waals surface area contributed by atoms with Crippen LogP contribution in [0.3, 0.4) is 0 Å². The third-order valence-electron chi connectivity index (χ3n) is 6.55. The van der Waals surface area contributed by atoms with Gasteiger partial charge in [-0.15, -0.1) is 0 Å². The fourth-order valence-electron chi connectivity index (χ4n) is 5.02. The van der Waals surface area contributed by atoms with Crippen molar-refractivity contribution in [3.05, 3.63) is 58.1 Å². The highest BCUT2D eigenvalue weighted by molar-refractivity contribution is 6.31. The second kappa shape index (κ2) is 7.76. The summed E-state index contributed by atoms with van der Waals surface area (Å²) in [4.78, 5) is 9.76. The van der Waals surface area contributed by atoms with Gasteiger partial charge in [0.25, 0.3) is 0 Å². The average molecular weight is 427 g/mol. The van der Waals surface area contributed by atoms with Crippen molar-refractivity contribution in [3.63, 3.8) is 0 Å². The minimum absolute atomic E-state index is 0.0108. The second-order valence-electron chi connectivity index (χ2n) is 8.28. The Hall–Kier alpha value is -2.28. The van der Waals surface area contributed by atoms with Gasteiger partial charge in [-0.05, 0) is 35.9 Å². The molecule has 0 atom stereocenters. The molecule has 7 heteroatoms. The summed E-state index contributed by atoms with van der Waals surface area (Å²) in [6, 6.07) is 12.1. The average Bonchev–Trinajstić information content (AvgIpc) is 3.26. The molecule has 158 valence electrons. The number of nitrogens with one attached hydrogen (secondary N) is 1. The lowest BCUT2D eigenvalue weighted by Gasteiger charge is -2.52. The third-order valence-corrected chi connectivity index (χ3v) is 6.79. The zero-order valence-electron chi connectivity index (χ0n) is 17.2. The van der Waals surface area contributed by atoms with E-state index in [-0.39, 0.29) is 12.3 Å². The van der Waals surface area contributed by atoms with E-state index in [2.05, 4.69) is 27.2 Å². The molecule has 0 aromatic heterocycles. The first-order valence-corrected chi connectivity index (χ1v) is 10.9. The van der Waals surface area contributed by atoms with Gasteiger partial charge in [-0.3, -0.25) is 9.89 Å². The molecule has 0 radical (unpaired) electrons. The second-order valence-corrected chi connectivity index (χ2v) is 8.72. The Morgan fingerprint density at radius 3 is 2.77 bits per heavy atom. The van der Waals surface area contributed by atoms with E-state index in [9.17, 15) is 5.11 Å². The zero-order chi connectivity index (χ0) is 20.7. The summed E-state index contributed by atoms with van der Waals surface area (Å²) in [6.45, 7) is 4.66. The van der Waals surface area contributed by atoms with Gasteiger partial charge in [0.15, 0.2) is 0 Å². The van der Waals surface area contributed by atoms with Crippen molar-refractivity contribution < 1.29 is 9.84 Å². The third kappa shape index (κ3) is 3.33. The van der Waals surface area contributed by atoms with Gasteiger partial charge in [0.2, 0.25) is 0 Å². The van der Waals surface area contributed by atoms with Crippen LogP contribution in [-0.2, 0) is 13.2 Å². The zero-order valence-corrected chi connectivity index (χ0v) is 18.0. The van der Waals surface area contributed by atoms with Crippen molar-refractivity contribution in [2.45, 2.75) is 31.7 Å². The number of amidine groups is 1. The van der Waals surface area contributed by atoms with Crippen LogP contribution in [-0.4, -0.2) is 59.7 Å². The Bertz CT molecular complexity index is 985. The molecule has 2 aromatic rings. The summed E-state index contributed by atoms with van der Waals surface area (Å²) in [5, 5.41) is 14.2. The highest BCUT2D eigenvalue weighted by Gasteiger charge is 2.46. The lowest BCUT2D eigenvalue weighted by Crippen LogP contribution is -2.63. The standard InChI is InChI=1S/C23H27ClN4O2/c1-30-21-5-2-16(12-17(21)15-29)14-27-9-6-23(7-10-27)26-20-13-18(24)3-4-19(20)22-25-8-11-28(22)23/h2-5,12-13,26,29H,6-11,14-15H2,1H3. The van der Waals surface area contributed by atoms with E-state index < -0.39 is 0 Å². The van der Waals surface area contributed by atoms with E-state index in [1.165, 1.54) is 5.56 Å². The maximum Gasteiger partial charge on any atom is 0.134 e. The molecule has 2 N–H and O–H groups in total. The number of hydrogen-bond donors (Lipinski definition) is 2. The predicted octanol–water partition coefficient (Wildman–Crippen LogP) is 3.32. The van der Waals surface area contributed by atoms with Gasteiger partial charge in [-0.1, -0.05) is 17.7 Å². The van der Waals surface area contributed by atoms with Gasteiger partial charge in [-0.2, -0.15) is 0 Å². The molecule has 3 heterocycles. The molecule has 0 saturated carbocycles. The van der Waals surface area contributed by atoms with Crippen molar-refractivity contribution in [3.8, 4) is 5.75 Å². The monoisotopic (exact) mass is 426 g/mol. The molecule has 30 heavy (non-hydrogen) atoms. The maximum absolute atomic E-state index is 9.60. The lowest BCUT2D eigenvalue weighted by molar-refractivity contribution is 0.0895. The topological polar surface area (TPSA) is 60.3 Å². The minimum Gasteiger partial charge on any atom is -0.496 e. The molecule has 0 bridgehead atoms. The van der Waals surface area contributed by atoms with Gasteiger partial charge >= 0.3 is 0 Å². The summed E-state index contributed by atoms with van der Waals surface area (Å²) in [5.41, 5.74) is 4.19. The fraction of sp³-hybridized carbons (Fsp3) is 0.435. The quantitative estimate of drug-likeness (QED) is 0.785. The van der Waals surface area contributed by atoms with Crippen LogP contribution in [0.5, 0.6) is 5.75 Å². The van der Waals surface area contributed by atoms with Crippen molar-refractivity contribution in [1.82, 2.24) is 9.80 Å². The number of benzene rings is 2. The molecular formula is C23H27ClN4O2. The van der Waals surface area contributed by atoms with Crippen molar-refractivity contribution in [2.75, 3.05) is 38.6 Å². The molecule has 6 nitrogen and oxygen atoms in total. The first-order chi connectivity index (χ1) is 14.6. The van der Waals surface area contributed by atoms with Gasteiger partial charge in [0.1, 0.15) is 17.2 Å². The Morgan fingerprint density at radius 2 is 2.00 bits per heavy atom. The number of anilines is 1. The highest BCUT2D eigenvalue weighted by Crippen LogP contribution is 2.40. The van der Waals surface area contributed by atoms with Crippen LogP contribution in [0.25, 0.3) is 0 Å². The number of rotatable bonds is 4. The number of aliphatic imine (C=N–C) groups is 1. The van der Waals surface area contributed by atoms with Crippen molar-refractivity contribution in [1.29, 1.82) is 0 Å². The van der Waals surface area contributed by atoms with Crippen LogP contribution in [0, 0.1) is 0 Å². The molecule has 0 amide bonds. The Morgan fingerprint density at radius 1 is 1.17 bits per heavy atom. The largest absolute Gasteiger partial charge is 0.496 e. The number of aliphatic hydroxyl groups excluding tert-OH is 1. The summed E-state index contributed by atoms with van der Waals surface area (Å²) in [5.74, 6) is 1.85. The van der Waals surface area contributed by atoms with Crippen molar-refractivity contribution in [2.24, 2.45) is 4.99 Å². The molecule has 1 saturated heterocycles. The number of fused-ring (bicyclic) bond motifs is 4. The summed E-state index contributed by atoms with van der Waals surface area (Å²) in [7, 11) is 1.64. The Labute approximate surface area is 182 Å². The molecule has 2 aromatic carbocycles. The first-order valence-electron chi connectivity index (χ1n) is 10.5. The number of halogens is 1. The molecule has 1 fully saturated rings. The molecule has 3 aliphatic heterocycles. The van der Waals surface area contributed by atoms with E-state index in [4.69, 9.17) is 21.3 Å². The number of aliphatic hydroxyl groups is 1. The predicted molar refractivity (Wildman–Crippen MR) is 119 cm³/mol. The highest BCUT2D eigenvalue weighted by atomic mass is 35.5. The number of likely N-dealkylation sites (tertiary alicyclic amines) is 1. The smallest absolute Gasteiger partial charge is 0.134 e. The Kier molecular flexibility index (Phi) is 5.09. The van der Waals surface area contributed by atoms with Crippen LogP contribution in [0.1, 0.15) is 29.5 Å². The summed E-state index contributed by atoms with van der Waals surface area (Å²) in [6.07, 6.45) is 2.03. The number of nitrogens with zero attached hydrogens (tertiary/aromatic N) is 3. The van der Waals surface area contributed by atoms with Crippen LogP contribution in [0.15, 0.2) is 41.4 Å².